The molecule has 4 saturated carbocycles. The minimum atomic E-state index is -0.479. The number of halogens is 1. The monoisotopic (exact) mass is 403 g/mol. The number of hydrogen-bond acceptors (Lipinski definition) is 3. The SMILES string of the molecule is C[C@@H](N[C@H](C)c1ccc(Cl)cc1)C(=O)NC(=O)NC12CC3CC(CC(C3)C1)C2. The summed E-state index contributed by atoms with van der Waals surface area (Å²) in [5.41, 5.74) is 0.953. The van der Waals surface area contributed by atoms with Crippen molar-refractivity contribution in [2.45, 2.75) is 70.0 Å². The number of benzene rings is 1. The maximum atomic E-state index is 12.6. The Morgan fingerprint density at radius 2 is 1.54 bits per heavy atom. The van der Waals surface area contributed by atoms with Crippen LogP contribution in [-0.4, -0.2) is 23.5 Å². The Labute approximate surface area is 172 Å². The fourth-order valence-electron chi connectivity index (χ4n) is 6.05. The minimum Gasteiger partial charge on any atom is -0.332 e. The van der Waals surface area contributed by atoms with Gasteiger partial charge >= 0.3 is 6.03 Å². The zero-order valence-electron chi connectivity index (χ0n) is 16.6. The Kier molecular flexibility index (Phi) is 5.41. The van der Waals surface area contributed by atoms with Crippen LogP contribution in [0.1, 0.15) is 64.0 Å². The number of nitrogens with one attached hydrogen (secondary N) is 3. The molecule has 3 N–H and O–H groups in total. The summed E-state index contributed by atoms with van der Waals surface area (Å²) < 4.78 is 0. The normalized spacial score (nSPS) is 32.6. The summed E-state index contributed by atoms with van der Waals surface area (Å²) in [6, 6.07) is 6.68. The molecule has 5 nitrogen and oxygen atoms in total. The van der Waals surface area contributed by atoms with Gasteiger partial charge < -0.3 is 5.32 Å². The van der Waals surface area contributed by atoms with E-state index in [0.717, 1.165) is 42.6 Å². The van der Waals surface area contributed by atoms with Crippen LogP contribution >= 0.6 is 11.6 Å². The fourth-order valence-corrected chi connectivity index (χ4v) is 6.18. The zero-order valence-corrected chi connectivity index (χ0v) is 17.4. The highest BCUT2D eigenvalue weighted by molar-refractivity contribution is 6.30. The molecule has 0 heterocycles. The second kappa shape index (κ2) is 7.68. The Morgan fingerprint density at radius 3 is 2.07 bits per heavy atom. The molecular weight excluding hydrogens is 374 g/mol. The molecule has 0 aliphatic heterocycles. The highest BCUT2D eigenvalue weighted by atomic mass is 35.5. The highest BCUT2D eigenvalue weighted by Gasteiger charge is 2.51. The highest BCUT2D eigenvalue weighted by Crippen LogP contribution is 2.55. The Hall–Kier alpha value is -1.59. The van der Waals surface area contributed by atoms with Crippen molar-refractivity contribution < 1.29 is 9.59 Å². The van der Waals surface area contributed by atoms with E-state index in [1.165, 1.54) is 19.3 Å². The van der Waals surface area contributed by atoms with Crippen LogP contribution in [0, 0.1) is 17.8 Å². The van der Waals surface area contributed by atoms with Crippen LogP contribution in [0.25, 0.3) is 0 Å². The first kappa shape index (κ1) is 19.7. The number of carbonyl (C=O) groups is 2. The van der Waals surface area contributed by atoms with E-state index in [1.54, 1.807) is 6.92 Å². The van der Waals surface area contributed by atoms with Crippen molar-refractivity contribution in [1.82, 2.24) is 16.0 Å². The van der Waals surface area contributed by atoms with Gasteiger partial charge in [0.1, 0.15) is 0 Å². The third-order valence-electron chi connectivity index (χ3n) is 6.92. The first-order valence-electron chi connectivity index (χ1n) is 10.5. The predicted octanol–water partition coefficient (Wildman–Crippen LogP) is 4.17. The smallest absolute Gasteiger partial charge is 0.321 e. The Balaban J connectivity index is 1.29. The summed E-state index contributed by atoms with van der Waals surface area (Å²) >= 11 is 5.93. The standard InChI is InChI=1S/C22H30ClN3O2/c1-13(18-3-5-19(23)6-4-18)24-14(2)20(27)25-21(28)26-22-10-15-7-16(11-22)9-17(8-15)12-22/h3-6,13-17,24H,7-12H2,1-2H3,(H2,25,26,27,28)/t13-,14-,15?,16?,17?,22?/m1/s1. The van der Waals surface area contributed by atoms with Gasteiger partial charge in [-0.25, -0.2) is 4.79 Å². The van der Waals surface area contributed by atoms with Crippen LogP contribution in [0.5, 0.6) is 0 Å². The second-order valence-electron chi connectivity index (χ2n) is 9.30. The van der Waals surface area contributed by atoms with Crippen molar-refractivity contribution in [3.05, 3.63) is 34.9 Å². The van der Waals surface area contributed by atoms with Crippen LogP contribution in [0.3, 0.4) is 0 Å². The second-order valence-corrected chi connectivity index (χ2v) is 9.74. The van der Waals surface area contributed by atoms with Crippen molar-refractivity contribution in [2.24, 2.45) is 17.8 Å². The van der Waals surface area contributed by atoms with Gasteiger partial charge in [0, 0.05) is 16.6 Å². The van der Waals surface area contributed by atoms with Crippen LogP contribution in [0.4, 0.5) is 4.79 Å². The van der Waals surface area contributed by atoms with Crippen molar-refractivity contribution in [3.8, 4) is 0 Å². The molecule has 6 heteroatoms. The number of carbonyl (C=O) groups excluding carboxylic acids is 2. The summed E-state index contributed by atoms with van der Waals surface area (Å²) in [4.78, 5) is 25.1. The Morgan fingerprint density at radius 1 is 1.00 bits per heavy atom. The minimum absolute atomic E-state index is 0.0239. The quantitative estimate of drug-likeness (QED) is 0.690. The molecule has 5 rings (SSSR count). The van der Waals surface area contributed by atoms with E-state index in [-0.39, 0.29) is 23.5 Å². The molecule has 4 aliphatic rings. The van der Waals surface area contributed by atoms with Crippen molar-refractivity contribution >= 4 is 23.5 Å². The van der Waals surface area contributed by atoms with Gasteiger partial charge in [-0.1, -0.05) is 23.7 Å². The lowest BCUT2D eigenvalue weighted by Crippen LogP contribution is -2.62. The first-order chi connectivity index (χ1) is 13.3. The van der Waals surface area contributed by atoms with E-state index >= 15 is 0 Å². The largest absolute Gasteiger partial charge is 0.332 e. The molecule has 3 amide bonds. The van der Waals surface area contributed by atoms with E-state index in [1.807, 2.05) is 31.2 Å². The van der Waals surface area contributed by atoms with Gasteiger partial charge in [0.25, 0.3) is 0 Å². The average Bonchev–Trinajstić information content (AvgIpc) is 2.60. The summed E-state index contributed by atoms with van der Waals surface area (Å²) in [7, 11) is 0. The molecule has 28 heavy (non-hydrogen) atoms. The number of hydrogen-bond donors (Lipinski definition) is 3. The molecule has 4 aliphatic carbocycles. The van der Waals surface area contributed by atoms with Gasteiger partial charge in [0.15, 0.2) is 0 Å². The summed E-state index contributed by atoms with van der Waals surface area (Å²) in [5, 5.41) is 9.66. The third kappa shape index (κ3) is 4.20. The van der Waals surface area contributed by atoms with Crippen LogP contribution < -0.4 is 16.0 Å². The molecular formula is C22H30ClN3O2. The topological polar surface area (TPSA) is 70.2 Å². The first-order valence-corrected chi connectivity index (χ1v) is 10.8. The van der Waals surface area contributed by atoms with E-state index in [9.17, 15) is 9.59 Å². The lowest BCUT2D eigenvalue weighted by Gasteiger charge is -2.56. The molecule has 0 spiro atoms. The summed E-state index contributed by atoms with van der Waals surface area (Å²) in [6.45, 7) is 3.77. The molecule has 1 aromatic carbocycles. The molecule has 2 atom stereocenters. The van der Waals surface area contributed by atoms with Gasteiger partial charge in [-0.3, -0.25) is 15.4 Å². The van der Waals surface area contributed by atoms with E-state index in [4.69, 9.17) is 11.6 Å². The summed E-state index contributed by atoms with van der Waals surface area (Å²) in [5.74, 6) is 1.96. The number of rotatable bonds is 5. The third-order valence-corrected chi connectivity index (χ3v) is 7.17. The maximum Gasteiger partial charge on any atom is 0.321 e. The maximum absolute atomic E-state index is 12.6. The summed E-state index contributed by atoms with van der Waals surface area (Å²) in [6.07, 6.45) is 7.19. The van der Waals surface area contributed by atoms with Crippen molar-refractivity contribution in [2.75, 3.05) is 0 Å². The number of urea groups is 1. The number of imide groups is 1. The van der Waals surface area contributed by atoms with Crippen molar-refractivity contribution in [3.63, 3.8) is 0 Å². The Bertz CT molecular complexity index is 713. The molecule has 4 bridgehead atoms. The van der Waals surface area contributed by atoms with Gasteiger partial charge in [-0.15, -0.1) is 0 Å². The van der Waals surface area contributed by atoms with Gasteiger partial charge in [0.05, 0.1) is 6.04 Å². The van der Waals surface area contributed by atoms with Crippen molar-refractivity contribution in [1.29, 1.82) is 0 Å². The van der Waals surface area contributed by atoms with E-state index in [2.05, 4.69) is 16.0 Å². The van der Waals surface area contributed by atoms with Crippen LogP contribution in [0.15, 0.2) is 24.3 Å². The van der Waals surface area contributed by atoms with Gasteiger partial charge in [-0.05, 0) is 87.8 Å². The number of amides is 3. The van der Waals surface area contributed by atoms with Crippen LogP contribution in [0.2, 0.25) is 5.02 Å². The van der Waals surface area contributed by atoms with E-state index < -0.39 is 6.04 Å². The van der Waals surface area contributed by atoms with Gasteiger partial charge in [0.2, 0.25) is 5.91 Å². The predicted molar refractivity (Wildman–Crippen MR) is 110 cm³/mol. The lowest BCUT2D eigenvalue weighted by atomic mass is 9.53. The molecule has 0 aromatic heterocycles. The molecule has 0 saturated heterocycles. The fraction of sp³-hybridized carbons (Fsp3) is 0.636. The van der Waals surface area contributed by atoms with E-state index in [0.29, 0.717) is 5.02 Å². The molecule has 4 fully saturated rings. The molecule has 0 unspecified atom stereocenters. The average molecular weight is 404 g/mol. The zero-order chi connectivity index (χ0) is 19.9. The lowest BCUT2D eigenvalue weighted by molar-refractivity contribution is -0.121. The molecule has 152 valence electrons. The molecule has 1 aromatic rings. The van der Waals surface area contributed by atoms with Crippen LogP contribution in [-0.2, 0) is 4.79 Å². The van der Waals surface area contributed by atoms with Gasteiger partial charge in [-0.2, -0.15) is 0 Å². The molecule has 0 radical (unpaired) electrons.